The van der Waals surface area contributed by atoms with Crippen molar-refractivity contribution in [2.75, 3.05) is 0 Å². The molecule has 0 aliphatic heterocycles. The largest absolute Gasteiger partial charge is 3.00 e. The van der Waals surface area contributed by atoms with Crippen molar-refractivity contribution in [1.29, 1.82) is 0 Å². The molecule has 0 amide bonds. The Morgan fingerprint density at radius 1 is 1.00 bits per heavy atom. The van der Waals surface area contributed by atoms with Crippen LogP contribution in [0.5, 0.6) is 0 Å². The first kappa shape index (κ1) is 19.8. The third kappa shape index (κ3) is 31.9. The molecule has 0 nitrogen and oxygen atoms in total. The maximum Gasteiger partial charge on any atom is 3.00 e. The fraction of sp³-hybridized carbons (Fsp3) is 0.286. The Labute approximate surface area is 109 Å². The summed E-state index contributed by atoms with van der Waals surface area (Å²) in [5.74, 6) is 0. The maximum absolute atomic E-state index is 3.25. The zero-order chi connectivity index (χ0) is 11.1. The standard InChI is InChI=1S/C8H11.2C3H5.Ru/c1-2-4-6-8-7-5-3-1;2*1-3-2;/h1-2,7H,3-6H2;2*3H,1-2H2;/q3*-1;+3. The molecular formula is C14H21Ru. The van der Waals surface area contributed by atoms with E-state index in [2.05, 4.69) is 51.3 Å². The van der Waals surface area contributed by atoms with Gasteiger partial charge in [-0.25, -0.2) is 39.2 Å². The van der Waals surface area contributed by atoms with Crippen molar-refractivity contribution in [1.82, 2.24) is 0 Å². The van der Waals surface area contributed by atoms with Gasteiger partial charge < -0.3 is 6.08 Å². The minimum atomic E-state index is 0. The van der Waals surface area contributed by atoms with E-state index < -0.39 is 0 Å². The number of hydrogen-bond donors (Lipinski definition) is 0. The van der Waals surface area contributed by atoms with Gasteiger partial charge in [0.25, 0.3) is 0 Å². The second-order valence-electron chi connectivity index (χ2n) is 2.57. The average molecular weight is 290 g/mol. The molecule has 0 aromatic carbocycles. The molecule has 0 aromatic rings. The second kappa shape index (κ2) is 23.3. The fourth-order valence-electron chi connectivity index (χ4n) is 0.786. The molecule has 1 aliphatic carbocycles. The van der Waals surface area contributed by atoms with Crippen LogP contribution in [0, 0.1) is 19.9 Å². The van der Waals surface area contributed by atoms with Crippen LogP contribution in [-0.2, 0) is 19.5 Å². The van der Waals surface area contributed by atoms with Gasteiger partial charge in [-0.2, -0.15) is 6.42 Å². The zero-order valence-electron chi connectivity index (χ0n) is 9.40. The van der Waals surface area contributed by atoms with Crippen LogP contribution in [0.25, 0.3) is 0 Å². The first-order valence-electron chi connectivity index (χ1n) is 4.83. The van der Waals surface area contributed by atoms with Gasteiger partial charge in [0.05, 0.1) is 0 Å². The molecule has 0 heterocycles. The summed E-state index contributed by atoms with van der Waals surface area (Å²) in [5.41, 5.74) is 0. The van der Waals surface area contributed by atoms with Crippen LogP contribution >= 0.6 is 0 Å². The van der Waals surface area contributed by atoms with Crippen molar-refractivity contribution in [3.05, 3.63) is 63.5 Å². The summed E-state index contributed by atoms with van der Waals surface area (Å²) in [6.07, 6.45) is 17.5. The van der Waals surface area contributed by atoms with E-state index in [1.807, 2.05) is 0 Å². The minimum absolute atomic E-state index is 0. The van der Waals surface area contributed by atoms with E-state index in [0.717, 1.165) is 6.42 Å². The molecule has 0 unspecified atom stereocenters. The van der Waals surface area contributed by atoms with Crippen LogP contribution < -0.4 is 0 Å². The van der Waals surface area contributed by atoms with E-state index >= 15 is 0 Å². The number of allylic oxidation sites excluding steroid dienone is 6. The van der Waals surface area contributed by atoms with Crippen LogP contribution in [-0.4, -0.2) is 0 Å². The minimum Gasteiger partial charge on any atom is -0.500 e. The summed E-state index contributed by atoms with van der Waals surface area (Å²) in [7, 11) is 0. The molecule has 0 saturated carbocycles. The van der Waals surface area contributed by atoms with Gasteiger partial charge in [0.1, 0.15) is 0 Å². The van der Waals surface area contributed by atoms with Crippen LogP contribution in [0.15, 0.2) is 43.5 Å². The Bertz CT molecular complexity index is 134. The summed E-state index contributed by atoms with van der Waals surface area (Å²) >= 11 is 0. The van der Waals surface area contributed by atoms with Gasteiger partial charge in [0, 0.05) is 0 Å². The Morgan fingerprint density at radius 3 is 2.00 bits per heavy atom. The van der Waals surface area contributed by atoms with E-state index in [-0.39, 0.29) is 19.5 Å². The smallest absolute Gasteiger partial charge is 0.500 e. The summed E-state index contributed by atoms with van der Waals surface area (Å²) in [4.78, 5) is 0. The summed E-state index contributed by atoms with van der Waals surface area (Å²) in [5, 5.41) is 0. The van der Waals surface area contributed by atoms with Crippen molar-refractivity contribution in [3.8, 4) is 0 Å². The van der Waals surface area contributed by atoms with Crippen molar-refractivity contribution >= 4 is 0 Å². The van der Waals surface area contributed by atoms with Gasteiger partial charge in [-0.05, 0) is 6.42 Å². The second-order valence-corrected chi connectivity index (χ2v) is 2.57. The van der Waals surface area contributed by atoms with Gasteiger partial charge in [-0.3, -0.25) is 6.08 Å². The van der Waals surface area contributed by atoms with E-state index in [1.54, 1.807) is 0 Å². The fourth-order valence-corrected chi connectivity index (χ4v) is 0.786. The van der Waals surface area contributed by atoms with Gasteiger partial charge in [0.2, 0.25) is 0 Å². The maximum atomic E-state index is 3.25. The molecule has 0 saturated heterocycles. The molecule has 0 atom stereocenters. The molecule has 1 rings (SSSR count). The van der Waals surface area contributed by atoms with Crippen molar-refractivity contribution in [3.63, 3.8) is 0 Å². The first-order valence-corrected chi connectivity index (χ1v) is 4.83. The van der Waals surface area contributed by atoms with Crippen LogP contribution in [0.3, 0.4) is 0 Å². The van der Waals surface area contributed by atoms with Crippen LogP contribution in [0.2, 0.25) is 0 Å². The van der Waals surface area contributed by atoms with E-state index in [1.165, 1.54) is 31.4 Å². The Morgan fingerprint density at radius 2 is 1.47 bits per heavy atom. The average Bonchev–Trinajstić information content (AvgIpc) is 2.04. The predicted octanol–water partition coefficient (Wildman–Crippen LogP) is 4.49. The van der Waals surface area contributed by atoms with Gasteiger partial charge in [-0.1, -0.05) is 25.0 Å². The topological polar surface area (TPSA) is 0 Å². The van der Waals surface area contributed by atoms with Gasteiger partial charge in [-0.15, -0.1) is 0 Å². The van der Waals surface area contributed by atoms with E-state index in [9.17, 15) is 0 Å². The van der Waals surface area contributed by atoms with Crippen molar-refractivity contribution in [2.45, 2.75) is 25.7 Å². The zero-order valence-corrected chi connectivity index (χ0v) is 11.1. The normalized spacial score (nSPS) is 12.3. The summed E-state index contributed by atoms with van der Waals surface area (Å²) < 4.78 is 0. The predicted molar refractivity (Wildman–Crippen MR) is 66.5 cm³/mol. The van der Waals surface area contributed by atoms with Crippen LogP contribution in [0.1, 0.15) is 25.7 Å². The number of hydrogen-bond acceptors (Lipinski definition) is 0. The summed E-state index contributed by atoms with van der Waals surface area (Å²) in [6.45, 7) is 13.0. The molecule has 0 N–H and O–H groups in total. The molecule has 15 heavy (non-hydrogen) atoms. The molecule has 1 aliphatic rings. The van der Waals surface area contributed by atoms with Gasteiger partial charge >= 0.3 is 19.5 Å². The van der Waals surface area contributed by atoms with Crippen LogP contribution in [0.4, 0.5) is 0 Å². The third-order valence-electron chi connectivity index (χ3n) is 1.24. The summed E-state index contributed by atoms with van der Waals surface area (Å²) in [6, 6.07) is 0. The monoisotopic (exact) mass is 291 g/mol. The molecule has 0 bridgehead atoms. The molecule has 0 aromatic heterocycles. The first-order chi connectivity index (χ1) is 6.83. The third-order valence-corrected chi connectivity index (χ3v) is 1.24. The SMILES string of the molecule is C=C[CH2-].C=C[CH2-].[C-]1=CCCC=CCC1.[Ru+3]. The molecule has 1 radical (unpaired) electrons. The Hall–Kier alpha value is -0.677. The Balaban J connectivity index is -0.000000177. The molecule has 1 heteroatoms. The van der Waals surface area contributed by atoms with E-state index in [0.29, 0.717) is 0 Å². The van der Waals surface area contributed by atoms with Crippen molar-refractivity contribution < 1.29 is 19.5 Å². The molecule has 85 valence electrons. The Kier molecular flexibility index (Phi) is 30.8. The molecular weight excluding hydrogens is 269 g/mol. The molecule has 0 spiro atoms. The van der Waals surface area contributed by atoms with Crippen molar-refractivity contribution in [2.24, 2.45) is 0 Å². The molecule has 0 fully saturated rings. The number of rotatable bonds is 0. The van der Waals surface area contributed by atoms with Gasteiger partial charge in [0.15, 0.2) is 0 Å². The quantitative estimate of drug-likeness (QED) is 0.350. The van der Waals surface area contributed by atoms with E-state index in [4.69, 9.17) is 0 Å².